The molecule has 3 saturated heterocycles. The smallest absolute Gasteiger partial charge is 0.252 e. The summed E-state index contributed by atoms with van der Waals surface area (Å²) in [6.07, 6.45) is 8.56. The highest BCUT2D eigenvalue weighted by atomic mass is 16.5. The van der Waals surface area contributed by atoms with Crippen LogP contribution >= 0.6 is 0 Å². The third-order valence-electron chi connectivity index (χ3n) is 9.69. The number of nitrogens with one attached hydrogen (secondary N) is 1. The van der Waals surface area contributed by atoms with Gasteiger partial charge in [0.15, 0.2) is 5.78 Å². The number of hydrogen-bond acceptors (Lipinski definition) is 6. The van der Waals surface area contributed by atoms with Gasteiger partial charge in [0.2, 0.25) is 5.91 Å². The number of fused-ring (bicyclic) bond motifs is 1. The average Bonchev–Trinajstić information content (AvgIpc) is 3.61. The summed E-state index contributed by atoms with van der Waals surface area (Å²) in [6, 6.07) is 8.16. The lowest BCUT2D eigenvalue weighted by Gasteiger charge is -2.42. The number of amides is 2. The van der Waals surface area contributed by atoms with Gasteiger partial charge in [-0.1, -0.05) is 31.4 Å². The Morgan fingerprint density at radius 3 is 2.35 bits per heavy atom. The van der Waals surface area contributed by atoms with Crippen LogP contribution in [0.2, 0.25) is 0 Å². The van der Waals surface area contributed by atoms with Gasteiger partial charge in [-0.2, -0.15) is 0 Å². The van der Waals surface area contributed by atoms with E-state index >= 15 is 0 Å². The zero-order valence-corrected chi connectivity index (χ0v) is 21.8. The maximum absolute atomic E-state index is 13.9. The Balaban J connectivity index is 1.12. The number of benzene rings is 1. The van der Waals surface area contributed by atoms with Crippen molar-refractivity contribution in [1.82, 2.24) is 15.1 Å². The monoisotopic (exact) mass is 509 g/mol. The fourth-order valence-corrected chi connectivity index (χ4v) is 7.22. The zero-order chi connectivity index (χ0) is 25.6. The first-order chi connectivity index (χ1) is 18.0. The molecular formula is C29H39N3O5. The fraction of sp³-hybridized carbons (Fsp3) is 0.690. The van der Waals surface area contributed by atoms with Gasteiger partial charge in [0.1, 0.15) is 30.4 Å². The summed E-state index contributed by atoms with van der Waals surface area (Å²) in [5.74, 6) is 0.0434. The van der Waals surface area contributed by atoms with E-state index in [1.54, 1.807) is 12.0 Å². The minimum atomic E-state index is -0.986. The van der Waals surface area contributed by atoms with Crippen LogP contribution in [0, 0.1) is 0 Å². The maximum Gasteiger partial charge on any atom is 0.252 e. The van der Waals surface area contributed by atoms with Gasteiger partial charge in [-0.25, -0.2) is 0 Å². The lowest BCUT2D eigenvalue weighted by molar-refractivity contribution is -0.142. The third-order valence-corrected chi connectivity index (χ3v) is 9.69. The first kappa shape index (κ1) is 25.0. The summed E-state index contributed by atoms with van der Waals surface area (Å²) in [5.41, 5.74) is 0.883. The number of carbonyl (C=O) groups excluding carboxylic acids is 3. The molecular weight excluding hydrogens is 470 g/mol. The van der Waals surface area contributed by atoms with Gasteiger partial charge >= 0.3 is 0 Å². The number of ketones is 1. The highest BCUT2D eigenvalue weighted by Crippen LogP contribution is 2.37. The third kappa shape index (κ3) is 4.51. The normalized spacial score (nSPS) is 30.4. The molecule has 3 heterocycles. The molecule has 2 amide bonds. The zero-order valence-electron chi connectivity index (χ0n) is 21.8. The van der Waals surface area contributed by atoms with Crippen LogP contribution in [0.15, 0.2) is 24.3 Å². The summed E-state index contributed by atoms with van der Waals surface area (Å²) in [5, 5.41) is 3.11. The van der Waals surface area contributed by atoms with Gasteiger partial charge < -0.3 is 24.6 Å². The number of rotatable bonds is 6. The second-order valence-corrected chi connectivity index (χ2v) is 11.7. The predicted octanol–water partition coefficient (Wildman–Crippen LogP) is 2.65. The van der Waals surface area contributed by atoms with Crippen molar-refractivity contribution in [3.63, 3.8) is 0 Å². The van der Waals surface area contributed by atoms with Crippen LogP contribution in [0.3, 0.4) is 0 Å². The lowest BCUT2D eigenvalue weighted by Crippen LogP contribution is -2.60. The van der Waals surface area contributed by atoms with Crippen LogP contribution < -0.4 is 5.32 Å². The van der Waals surface area contributed by atoms with Crippen molar-refractivity contribution in [3.05, 3.63) is 35.4 Å². The molecule has 8 heteroatoms. The number of hydrogen-bond donors (Lipinski definition) is 1. The van der Waals surface area contributed by atoms with E-state index in [4.69, 9.17) is 9.47 Å². The van der Waals surface area contributed by atoms with E-state index in [0.717, 1.165) is 32.0 Å². The molecule has 6 rings (SSSR count). The van der Waals surface area contributed by atoms with Crippen molar-refractivity contribution in [3.8, 4) is 0 Å². The molecule has 0 bridgehead atoms. The summed E-state index contributed by atoms with van der Waals surface area (Å²) in [6.45, 7) is 2.64. The molecule has 1 aromatic carbocycles. The van der Waals surface area contributed by atoms with Crippen molar-refractivity contribution < 1.29 is 23.9 Å². The van der Waals surface area contributed by atoms with Crippen LogP contribution in [0.25, 0.3) is 0 Å². The standard InChI is InChI=1S/C29H39N3O5/c1-36-24-17-32(25-23(33)18-37-26(24)25)28(35)29(13-2-3-14-29)30-27(34)21-9-7-19(8-10-21)20-11-15-31(16-12-20)22-5-4-6-22/h7-10,20,22,24-26H,2-6,11-18H2,1H3,(H,30,34)/t24-,25+,26+/m0/s1. The molecule has 37 heavy (non-hydrogen) atoms. The number of methoxy groups -OCH3 is 1. The van der Waals surface area contributed by atoms with Crippen molar-refractivity contribution in [2.75, 3.05) is 33.4 Å². The SMILES string of the molecule is CO[C@H]1CN(C(=O)C2(NC(=O)c3ccc(C4CCN(C5CCC5)CC4)cc3)CCCC2)[C@@H]2C(=O)CO[C@H]12. The van der Waals surface area contributed by atoms with E-state index in [9.17, 15) is 14.4 Å². The molecule has 200 valence electrons. The van der Waals surface area contributed by atoms with E-state index in [1.165, 1.54) is 37.7 Å². The molecule has 1 aromatic rings. The summed E-state index contributed by atoms with van der Waals surface area (Å²) in [7, 11) is 1.58. The summed E-state index contributed by atoms with van der Waals surface area (Å²) < 4.78 is 11.2. The Morgan fingerprint density at radius 2 is 1.73 bits per heavy atom. The van der Waals surface area contributed by atoms with Crippen molar-refractivity contribution in [1.29, 1.82) is 0 Å². The van der Waals surface area contributed by atoms with E-state index in [-0.39, 0.29) is 30.3 Å². The molecule has 0 unspecified atom stereocenters. The Morgan fingerprint density at radius 1 is 1.03 bits per heavy atom. The number of piperidine rings is 1. The second kappa shape index (κ2) is 10.1. The minimum Gasteiger partial charge on any atom is -0.377 e. The van der Waals surface area contributed by atoms with Crippen LogP contribution in [-0.4, -0.2) is 90.6 Å². The number of nitrogens with zero attached hydrogens (tertiary/aromatic N) is 2. The van der Waals surface area contributed by atoms with Gasteiger partial charge in [0, 0.05) is 18.7 Å². The minimum absolute atomic E-state index is 0.00425. The van der Waals surface area contributed by atoms with Crippen LogP contribution in [0.4, 0.5) is 0 Å². The highest BCUT2D eigenvalue weighted by Gasteiger charge is 2.56. The summed E-state index contributed by atoms with van der Waals surface area (Å²) >= 11 is 0. The van der Waals surface area contributed by atoms with E-state index < -0.39 is 17.7 Å². The molecule has 3 atom stereocenters. The molecule has 8 nitrogen and oxygen atoms in total. The second-order valence-electron chi connectivity index (χ2n) is 11.7. The molecule has 2 aliphatic carbocycles. The molecule has 0 spiro atoms. The van der Waals surface area contributed by atoms with Gasteiger partial charge in [-0.05, 0) is 75.2 Å². The Kier molecular flexibility index (Phi) is 6.84. The van der Waals surface area contributed by atoms with Gasteiger partial charge in [-0.3, -0.25) is 14.4 Å². The Hall–Kier alpha value is -2.29. The van der Waals surface area contributed by atoms with Crippen molar-refractivity contribution >= 4 is 17.6 Å². The quantitative estimate of drug-likeness (QED) is 0.635. The number of likely N-dealkylation sites (tertiary alicyclic amines) is 2. The average molecular weight is 510 g/mol. The first-order valence-corrected chi connectivity index (χ1v) is 14.1. The molecule has 1 N–H and O–H groups in total. The first-order valence-electron chi connectivity index (χ1n) is 14.1. The highest BCUT2D eigenvalue weighted by molar-refractivity contribution is 6.01. The Bertz CT molecular complexity index is 1020. The predicted molar refractivity (Wildman–Crippen MR) is 137 cm³/mol. The lowest BCUT2D eigenvalue weighted by atomic mass is 9.85. The number of Topliss-reactive ketones (excluding diaryl/α,β-unsaturated/α-hetero) is 1. The van der Waals surface area contributed by atoms with Crippen molar-refractivity contribution in [2.24, 2.45) is 0 Å². The topological polar surface area (TPSA) is 88.2 Å². The van der Waals surface area contributed by atoms with Crippen LogP contribution in [-0.2, 0) is 19.1 Å². The van der Waals surface area contributed by atoms with E-state index in [0.29, 0.717) is 30.9 Å². The Labute approximate surface area is 219 Å². The molecule has 2 saturated carbocycles. The molecule has 5 aliphatic rings. The van der Waals surface area contributed by atoms with Gasteiger partial charge in [-0.15, -0.1) is 0 Å². The maximum atomic E-state index is 13.9. The van der Waals surface area contributed by atoms with Crippen LogP contribution in [0.1, 0.15) is 79.6 Å². The van der Waals surface area contributed by atoms with Crippen LogP contribution in [0.5, 0.6) is 0 Å². The van der Waals surface area contributed by atoms with E-state index in [2.05, 4.69) is 22.3 Å². The van der Waals surface area contributed by atoms with Crippen molar-refractivity contribution in [2.45, 2.75) is 93.5 Å². The molecule has 5 fully saturated rings. The summed E-state index contributed by atoms with van der Waals surface area (Å²) in [4.78, 5) is 44.1. The largest absolute Gasteiger partial charge is 0.377 e. The van der Waals surface area contributed by atoms with Gasteiger partial charge in [0.05, 0.1) is 6.54 Å². The molecule has 0 aromatic heterocycles. The van der Waals surface area contributed by atoms with E-state index in [1.807, 2.05) is 12.1 Å². The molecule has 3 aliphatic heterocycles. The number of ether oxygens (including phenoxy) is 2. The molecule has 0 radical (unpaired) electrons. The van der Waals surface area contributed by atoms with Gasteiger partial charge in [0.25, 0.3) is 5.91 Å². The fourth-order valence-electron chi connectivity index (χ4n) is 7.22. The number of carbonyl (C=O) groups is 3.